The fourth-order valence-corrected chi connectivity index (χ4v) is 6.83. The van der Waals surface area contributed by atoms with E-state index in [-0.39, 0.29) is 52.1 Å². The van der Waals surface area contributed by atoms with Crippen LogP contribution in [-0.2, 0) is 21.2 Å². The third kappa shape index (κ3) is 7.85. The summed E-state index contributed by atoms with van der Waals surface area (Å²) in [4.78, 5) is 28.4. The number of nitrogens with two attached hydrogens (primary N) is 1. The van der Waals surface area contributed by atoms with Gasteiger partial charge in [-0.1, -0.05) is 42.5 Å². The Hall–Kier alpha value is -4.87. The summed E-state index contributed by atoms with van der Waals surface area (Å²) in [6.07, 6.45) is 2.26. The first-order valence-electron chi connectivity index (χ1n) is 15.1. The maximum absolute atomic E-state index is 14.2. The SMILES string of the molecule is NC(=O)c1ccc(S(=O)(=O)Nc2ccccc2Oc2ccccc2)cc1C(Cc1ccc(O)cc1)C(=O)N1CCC(CCO)CC1. The number of primary amides is 1. The topological polar surface area (TPSA) is 159 Å². The number of ether oxygens (including phenoxy) is 1. The largest absolute Gasteiger partial charge is 0.508 e. The fourth-order valence-electron chi connectivity index (χ4n) is 5.72. The van der Waals surface area contributed by atoms with Crippen LogP contribution in [0.25, 0.3) is 0 Å². The van der Waals surface area contributed by atoms with E-state index in [1.807, 2.05) is 6.07 Å². The van der Waals surface area contributed by atoms with E-state index in [1.165, 1.54) is 30.3 Å². The monoisotopic (exact) mass is 643 g/mol. The molecule has 4 aromatic rings. The number of phenolic OH excluding ortho intramolecular Hbond substituents is 1. The lowest BCUT2D eigenvalue weighted by Gasteiger charge is -2.34. The number of rotatable bonds is 12. The average Bonchev–Trinajstić information content (AvgIpc) is 3.05. The summed E-state index contributed by atoms with van der Waals surface area (Å²) in [5.41, 5.74) is 6.92. The number of aliphatic hydroxyl groups excluding tert-OH is 1. The minimum absolute atomic E-state index is 0.0408. The van der Waals surface area contributed by atoms with Gasteiger partial charge in [0.05, 0.1) is 16.5 Å². The Kier molecular flexibility index (Phi) is 10.2. The smallest absolute Gasteiger partial charge is 0.262 e. The van der Waals surface area contributed by atoms with E-state index in [1.54, 1.807) is 65.6 Å². The number of carbonyl (C=O) groups is 2. The Morgan fingerprint density at radius 2 is 1.61 bits per heavy atom. The minimum Gasteiger partial charge on any atom is -0.508 e. The predicted molar refractivity (Wildman–Crippen MR) is 174 cm³/mol. The van der Waals surface area contributed by atoms with E-state index in [0.717, 1.165) is 12.8 Å². The first-order valence-corrected chi connectivity index (χ1v) is 16.6. The van der Waals surface area contributed by atoms with Crippen molar-refractivity contribution in [2.75, 3.05) is 24.4 Å². The van der Waals surface area contributed by atoms with Gasteiger partial charge in [-0.15, -0.1) is 0 Å². The van der Waals surface area contributed by atoms with Gasteiger partial charge in [0.1, 0.15) is 11.5 Å². The second kappa shape index (κ2) is 14.5. The van der Waals surface area contributed by atoms with Crippen molar-refractivity contribution in [3.63, 3.8) is 0 Å². The summed E-state index contributed by atoms with van der Waals surface area (Å²) < 4.78 is 36.1. The van der Waals surface area contributed by atoms with Crippen molar-refractivity contribution in [3.8, 4) is 17.2 Å². The van der Waals surface area contributed by atoms with Crippen LogP contribution in [0.5, 0.6) is 17.2 Å². The Morgan fingerprint density at radius 3 is 2.28 bits per heavy atom. The van der Waals surface area contributed by atoms with Gasteiger partial charge in [0.2, 0.25) is 11.8 Å². The molecule has 0 aromatic heterocycles. The lowest BCUT2D eigenvalue weighted by Crippen LogP contribution is -2.42. The molecule has 5 rings (SSSR count). The number of phenols is 1. The lowest BCUT2D eigenvalue weighted by molar-refractivity contribution is -0.134. The average molecular weight is 644 g/mol. The van der Waals surface area contributed by atoms with Gasteiger partial charge in [-0.05, 0) is 97.3 Å². The summed E-state index contributed by atoms with van der Waals surface area (Å²) in [6, 6.07) is 25.9. The number of hydrogen-bond acceptors (Lipinski definition) is 7. The first kappa shape index (κ1) is 32.5. The number of para-hydroxylation sites is 3. The minimum atomic E-state index is -4.23. The van der Waals surface area contributed by atoms with Gasteiger partial charge in [-0.2, -0.15) is 0 Å². The van der Waals surface area contributed by atoms with Crippen molar-refractivity contribution in [2.45, 2.75) is 36.5 Å². The quantitative estimate of drug-likeness (QED) is 0.168. The molecule has 0 radical (unpaired) electrons. The van der Waals surface area contributed by atoms with Gasteiger partial charge >= 0.3 is 0 Å². The molecule has 1 aliphatic heterocycles. The molecule has 46 heavy (non-hydrogen) atoms. The third-order valence-corrected chi connectivity index (χ3v) is 9.58. The van der Waals surface area contributed by atoms with E-state index >= 15 is 0 Å². The van der Waals surface area contributed by atoms with E-state index in [0.29, 0.717) is 36.7 Å². The van der Waals surface area contributed by atoms with Gasteiger partial charge in [-0.25, -0.2) is 8.42 Å². The molecule has 0 bridgehead atoms. The highest BCUT2D eigenvalue weighted by Gasteiger charge is 2.33. The van der Waals surface area contributed by atoms with Gasteiger partial charge < -0.3 is 25.6 Å². The number of aliphatic hydroxyl groups is 1. The zero-order valence-corrected chi connectivity index (χ0v) is 26.0. The van der Waals surface area contributed by atoms with Crippen molar-refractivity contribution in [2.24, 2.45) is 11.7 Å². The summed E-state index contributed by atoms with van der Waals surface area (Å²) >= 11 is 0. The van der Waals surface area contributed by atoms with Crippen LogP contribution in [0.3, 0.4) is 0 Å². The van der Waals surface area contributed by atoms with Gasteiger partial charge in [-0.3, -0.25) is 14.3 Å². The van der Waals surface area contributed by atoms with Crippen LogP contribution in [-0.4, -0.2) is 55.0 Å². The molecule has 10 nitrogen and oxygen atoms in total. The van der Waals surface area contributed by atoms with Crippen molar-refractivity contribution in [1.82, 2.24) is 4.90 Å². The van der Waals surface area contributed by atoms with Crippen LogP contribution < -0.4 is 15.2 Å². The number of aromatic hydroxyl groups is 1. The molecular weight excluding hydrogens is 606 g/mol. The van der Waals surface area contributed by atoms with E-state index in [4.69, 9.17) is 10.5 Å². The van der Waals surface area contributed by atoms with Crippen LogP contribution in [0.1, 0.15) is 46.7 Å². The summed E-state index contributed by atoms with van der Waals surface area (Å²) in [6.45, 7) is 1.03. The number of nitrogens with zero attached hydrogens (tertiary/aromatic N) is 1. The molecule has 1 saturated heterocycles. The number of sulfonamides is 1. The van der Waals surface area contributed by atoms with Crippen LogP contribution in [0.15, 0.2) is 102 Å². The van der Waals surface area contributed by atoms with E-state index in [9.17, 15) is 28.2 Å². The Balaban J connectivity index is 1.50. The summed E-state index contributed by atoms with van der Waals surface area (Å²) in [7, 11) is -4.23. The number of piperidine rings is 1. The Bertz CT molecular complexity index is 1770. The van der Waals surface area contributed by atoms with Crippen LogP contribution >= 0.6 is 0 Å². The molecule has 0 saturated carbocycles. The highest BCUT2D eigenvalue weighted by molar-refractivity contribution is 7.92. The number of nitrogens with one attached hydrogen (secondary N) is 1. The number of carbonyl (C=O) groups excluding carboxylic acids is 2. The van der Waals surface area contributed by atoms with Crippen molar-refractivity contribution >= 4 is 27.5 Å². The second-order valence-corrected chi connectivity index (χ2v) is 13.0. The molecule has 0 spiro atoms. The molecular formula is C35H37N3O7S. The standard InChI is InChI=1S/C35H37N3O7S/c36-34(41)29-15-14-28(46(43,44)37-32-8-4-5-9-33(32)45-27-6-2-1-3-7-27)23-30(29)31(22-25-10-12-26(40)13-11-25)35(42)38-19-16-24(17-20-38)18-21-39/h1-15,23-24,31,37,39-40H,16-22H2,(H2,36,41). The van der Waals surface area contributed by atoms with Gasteiger partial charge in [0.25, 0.3) is 10.0 Å². The van der Waals surface area contributed by atoms with E-state index in [2.05, 4.69) is 4.72 Å². The molecule has 1 aliphatic rings. The zero-order chi connectivity index (χ0) is 32.7. The molecule has 11 heteroatoms. The molecule has 4 aromatic carbocycles. The molecule has 2 amide bonds. The molecule has 1 atom stereocenters. The maximum Gasteiger partial charge on any atom is 0.262 e. The van der Waals surface area contributed by atoms with Crippen molar-refractivity contribution < 1.29 is 33.0 Å². The van der Waals surface area contributed by atoms with Crippen LogP contribution in [0, 0.1) is 5.92 Å². The third-order valence-electron chi connectivity index (χ3n) is 8.21. The van der Waals surface area contributed by atoms with E-state index < -0.39 is 21.8 Å². The number of hydrogen-bond donors (Lipinski definition) is 4. The summed E-state index contributed by atoms with van der Waals surface area (Å²) in [5, 5.41) is 19.2. The normalized spacial score (nSPS) is 14.4. The maximum atomic E-state index is 14.2. The number of likely N-dealkylation sites (tertiary alicyclic amines) is 1. The molecule has 240 valence electrons. The van der Waals surface area contributed by atoms with Gasteiger partial charge in [0.15, 0.2) is 5.75 Å². The molecule has 1 heterocycles. The summed E-state index contributed by atoms with van der Waals surface area (Å²) in [5.74, 6) is -0.814. The molecule has 1 unspecified atom stereocenters. The van der Waals surface area contributed by atoms with Crippen molar-refractivity contribution in [1.29, 1.82) is 0 Å². The Labute approximate surface area is 268 Å². The highest BCUT2D eigenvalue weighted by atomic mass is 32.2. The fraction of sp³-hybridized carbons (Fsp3) is 0.257. The predicted octanol–water partition coefficient (Wildman–Crippen LogP) is 5.03. The van der Waals surface area contributed by atoms with Crippen LogP contribution in [0.2, 0.25) is 0 Å². The number of benzene rings is 4. The van der Waals surface area contributed by atoms with Crippen molar-refractivity contribution in [3.05, 3.63) is 114 Å². The Morgan fingerprint density at radius 1 is 0.935 bits per heavy atom. The molecule has 5 N–H and O–H groups in total. The zero-order valence-electron chi connectivity index (χ0n) is 25.2. The molecule has 1 fully saturated rings. The number of amides is 2. The number of anilines is 1. The first-order chi connectivity index (χ1) is 22.1. The lowest BCUT2D eigenvalue weighted by atomic mass is 9.86. The van der Waals surface area contributed by atoms with Gasteiger partial charge in [0, 0.05) is 25.3 Å². The molecule has 0 aliphatic carbocycles. The van der Waals surface area contributed by atoms with Crippen LogP contribution in [0.4, 0.5) is 5.69 Å². The second-order valence-electron chi connectivity index (χ2n) is 11.3. The highest BCUT2D eigenvalue weighted by Crippen LogP contribution is 2.34.